The zero-order valence-electron chi connectivity index (χ0n) is 8.82. The zero-order valence-corrected chi connectivity index (χ0v) is 9.64. The predicted octanol–water partition coefficient (Wildman–Crippen LogP) is 1.70. The number of rotatable bonds is 7. The van der Waals surface area contributed by atoms with E-state index in [-0.39, 0.29) is 0 Å². The van der Waals surface area contributed by atoms with E-state index in [1.165, 1.54) is 5.01 Å². The first kappa shape index (κ1) is 11.6. The molecule has 0 aliphatic rings. The molecule has 1 rings (SSSR count). The number of ether oxygens (including phenoxy) is 1. The standard InChI is InChI=1S/C10H18N2OS/c1-3-9(8-13-2)11-5-4-10-12-6-7-14-10/h6-7,9,11H,3-5,8H2,1-2H3. The molecule has 0 aromatic carbocycles. The van der Waals surface area contributed by atoms with Crippen LogP contribution >= 0.6 is 11.3 Å². The van der Waals surface area contributed by atoms with Crippen molar-refractivity contribution in [2.75, 3.05) is 20.3 Å². The average Bonchev–Trinajstić information content (AvgIpc) is 2.69. The van der Waals surface area contributed by atoms with Gasteiger partial charge in [0.1, 0.15) is 0 Å². The Morgan fingerprint density at radius 1 is 1.64 bits per heavy atom. The fourth-order valence-corrected chi connectivity index (χ4v) is 1.90. The maximum atomic E-state index is 5.11. The second kappa shape index (κ2) is 6.92. The summed E-state index contributed by atoms with van der Waals surface area (Å²) >= 11 is 1.71. The molecule has 1 unspecified atom stereocenters. The highest BCUT2D eigenvalue weighted by Crippen LogP contribution is 2.03. The number of thiazole rings is 1. The summed E-state index contributed by atoms with van der Waals surface area (Å²) in [4.78, 5) is 4.23. The molecule has 0 amide bonds. The van der Waals surface area contributed by atoms with Gasteiger partial charge < -0.3 is 10.1 Å². The minimum Gasteiger partial charge on any atom is -0.383 e. The third-order valence-electron chi connectivity index (χ3n) is 2.12. The molecule has 0 saturated heterocycles. The third-order valence-corrected chi connectivity index (χ3v) is 2.96. The Morgan fingerprint density at radius 3 is 3.07 bits per heavy atom. The number of aromatic nitrogens is 1. The molecule has 1 aromatic heterocycles. The summed E-state index contributed by atoms with van der Waals surface area (Å²) in [6.07, 6.45) is 3.97. The van der Waals surface area contributed by atoms with Crippen molar-refractivity contribution in [2.24, 2.45) is 0 Å². The minimum absolute atomic E-state index is 0.472. The molecule has 0 aliphatic heterocycles. The van der Waals surface area contributed by atoms with Crippen molar-refractivity contribution in [3.05, 3.63) is 16.6 Å². The summed E-state index contributed by atoms with van der Waals surface area (Å²) in [5.74, 6) is 0. The molecule has 1 atom stereocenters. The van der Waals surface area contributed by atoms with Crippen molar-refractivity contribution in [3.63, 3.8) is 0 Å². The smallest absolute Gasteiger partial charge is 0.0937 e. The number of nitrogens with zero attached hydrogens (tertiary/aromatic N) is 1. The second-order valence-electron chi connectivity index (χ2n) is 3.19. The van der Waals surface area contributed by atoms with Gasteiger partial charge in [0.05, 0.1) is 11.6 Å². The van der Waals surface area contributed by atoms with Gasteiger partial charge in [-0.15, -0.1) is 11.3 Å². The molecule has 0 aliphatic carbocycles. The summed E-state index contributed by atoms with van der Waals surface area (Å²) in [7, 11) is 1.74. The van der Waals surface area contributed by atoms with E-state index < -0.39 is 0 Å². The number of hydrogen-bond acceptors (Lipinski definition) is 4. The molecular formula is C10H18N2OS. The van der Waals surface area contributed by atoms with Gasteiger partial charge in [-0.05, 0) is 6.42 Å². The summed E-state index contributed by atoms with van der Waals surface area (Å²) < 4.78 is 5.11. The van der Waals surface area contributed by atoms with E-state index in [1.54, 1.807) is 18.4 Å². The Morgan fingerprint density at radius 2 is 2.50 bits per heavy atom. The lowest BCUT2D eigenvalue weighted by Crippen LogP contribution is -2.33. The predicted molar refractivity (Wildman–Crippen MR) is 59.8 cm³/mol. The summed E-state index contributed by atoms with van der Waals surface area (Å²) in [6, 6.07) is 0.472. The van der Waals surface area contributed by atoms with Gasteiger partial charge in [-0.25, -0.2) is 4.98 Å². The molecule has 80 valence electrons. The lowest BCUT2D eigenvalue weighted by Gasteiger charge is -2.14. The minimum atomic E-state index is 0.472. The first-order valence-corrected chi connectivity index (χ1v) is 5.85. The van der Waals surface area contributed by atoms with Crippen molar-refractivity contribution in [3.8, 4) is 0 Å². The molecule has 3 nitrogen and oxygen atoms in total. The van der Waals surface area contributed by atoms with Crippen LogP contribution in [0.5, 0.6) is 0 Å². The SMILES string of the molecule is CCC(COC)NCCc1nccs1. The molecule has 0 saturated carbocycles. The van der Waals surface area contributed by atoms with Crippen LogP contribution in [0.25, 0.3) is 0 Å². The average molecular weight is 214 g/mol. The van der Waals surface area contributed by atoms with Gasteiger partial charge in [0.2, 0.25) is 0 Å². The van der Waals surface area contributed by atoms with Crippen molar-refractivity contribution in [1.29, 1.82) is 0 Å². The first-order chi connectivity index (χ1) is 6.86. The fraction of sp³-hybridized carbons (Fsp3) is 0.700. The van der Waals surface area contributed by atoms with Crippen LogP contribution in [0.3, 0.4) is 0 Å². The Hall–Kier alpha value is -0.450. The van der Waals surface area contributed by atoms with Crippen LogP contribution < -0.4 is 5.32 Å². The van der Waals surface area contributed by atoms with Crippen molar-refractivity contribution in [1.82, 2.24) is 10.3 Å². The zero-order chi connectivity index (χ0) is 10.2. The molecule has 1 aromatic rings. The van der Waals surface area contributed by atoms with E-state index in [4.69, 9.17) is 4.74 Å². The molecule has 4 heteroatoms. The van der Waals surface area contributed by atoms with Crippen LogP contribution in [-0.2, 0) is 11.2 Å². The van der Waals surface area contributed by atoms with E-state index in [0.717, 1.165) is 26.0 Å². The second-order valence-corrected chi connectivity index (χ2v) is 4.17. The van der Waals surface area contributed by atoms with Crippen LogP contribution in [0, 0.1) is 0 Å². The molecule has 0 radical (unpaired) electrons. The van der Waals surface area contributed by atoms with E-state index in [9.17, 15) is 0 Å². The molecule has 0 bridgehead atoms. The Balaban J connectivity index is 2.13. The molecule has 14 heavy (non-hydrogen) atoms. The highest BCUT2D eigenvalue weighted by molar-refractivity contribution is 7.09. The van der Waals surface area contributed by atoms with E-state index in [1.807, 2.05) is 11.6 Å². The molecule has 1 heterocycles. The van der Waals surface area contributed by atoms with E-state index in [2.05, 4.69) is 17.2 Å². The maximum absolute atomic E-state index is 5.11. The first-order valence-electron chi connectivity index (χ1n) is 4.97. The summed E-state index contributed by atoms with van der Waals surface area (Å²) in [5.41, 5.74) is 0. The van der Waals surface area contributed by atoms with Crippen LogP contribution in [0.2, 0.25) is 0 Å². The quantitative estimate of drug-likeness (QED) is 0.750. The Kier molecular flexibility index (Phi) is 5.75. The van der Waals surface area contributed by atoms with Crippen LogP contribution in [0.1, 0.15) is 18.4 Å². The lowest BCUT2D eigenvalue weighted by molar-refractivity contribution is 0.165. The van der Waals surface area contributed by atoms with Gasteiger partial charge in [0.15, 0.2) is 0 Å². The number of hydrogen-bond donors (Lipinski definition) is 1. The van der Waals surface area contributed by atoms with Crippen molar-refractivity contribution in [2.45, 2.75) is 25.8 Å². The maximum Gasteiger partial charge on any atom is 0.0937 e. The fourth-order valence-electron chi connectivity index (χ4n) is 1.28. The Bertz CT molecular complexity index is 226. The van der Waals surface area contributed by atoms with Crippen molar-refractivity contribution < 1.29 is 4.74 Å². The number of methoxy groups -OCH3 is 1. The van der Waals surface area contributed by atoms with Gasteiger partial charge in [-0.1, -0.05) is 6.92 Å². The molecular weight excluding hydrogens is 196 g/mol. The van der Waals surface area contributed by atoms with Crippen LogP contribution in [0.4, 0.5) is 0 Å². The monoisotopic (exact) mass is 214 g/mol. The van der Waals surface area contributed by atoms with Crippen LogP contribution in [-0.4, -0.2) is 31.3 Å². The van der Waals surface area contributed by atoms with Crippen molar-refractivity contribution >= 4 is 11.3 Å². The molecule has 0 fully saturated rings. The highest BCUT2D eigenvalue weighted by atomic mass is 32.1. The number of nitrogens with one attached hydrogen (secondary N) is 1. The normalized spacial score (nSPS) is 13.0. The molecule has 0 spiro atoms. The largest absolute Gasteiger partial charge is 0.383 e. The Labute approximate surface area is 89.5 Å². The molecule has 1 N–H and O–H groups in total. The van der Waals surface area contributed by atoms with Gasteiger partial charge >= 0.3 is 0 Å². The summed E-state index contributed by atoms with van der Waals surface area (Å²) in [5, 5.41) is 6.66. The topological polar surface area (TPSA) is 34.1 Å². The van der Waals surface area contributed by atoms with Gasteiger partial charge in [-0.2, -0.15) is 0 Å². The third kappa shape index (κ3) is 4.17. The summed E-state index contributed by atoms with van der Waals surface area (Å²) in [6.45, 7) is 3.93. The highest BCUT2D eigenvalue weighted by Gasteiger charge is 2.04. The van der Waals surface area contributed by atoms with Crippen LogP contribution in [0.15, 0.2) is 11.6 Å². The van der Waals surface area contributed by atoms with E-state index in [0.29, 0.717) is 6.04 Å². The van der Waals surface area contributed by atoms with Gasteiger partial charge in [0, 0.05) is 37.7 Å². The lowest BCUT2D eigenvalue weighted by atomic mass is 10.2. The van der Waals surface area contributed by atoms with Gasteiger partial charge in [0.25, 0.3) is 0 Å². The van der Waals surface area contributed by atoms with E-state index >= 15 is 0 Å². The van der Waals surface area contributed by atoms with Gasteiger partial charge in [-0.3, -0.25) is 0 Å².